The number of phenolic OH excluding ortho intramolecular Hbond substituents is 1. The van der Waals surface area contributed by atoms with Gasteiger partial charge < -0.3 is 5.11 Å². The van der Waals surface area contributed by atoms with Gasteiger partial charge in [-0.05, 0) is 41.9 Å². The summed E-state index contributed by atoms with van der Waals surface area (Å²) in [7, 11) is -3.88. The SMILES string of the molecule is [N-]=[N+]=Nc1cc(NS(=O)(=O)c2ccc(Cl)cc2)cc(Cl)c1O. The minimum Gasteiger partial charge on any atom is -0.506 e. The minimum atomic E-state index is -3.88. The standard InChI is InChI=1S/C12H8Cl2N4O3S/c13-7-1-3-9(4-2-7)22(20,21)17-8-5-10(14)12(19)11(6-8)16-18-15/h1-6,17,19H. The fraction of sp³-hybridized carbons (Fsp3) is 0. The maximum absolute atomic E-state index is 12.2. The zero-order valence-electron chi connectivity index (χ0n) is 10.7. The number of aromatic hydroxyl groups is 1. The van der Waals surface area contributed by atoms with Gasteiger partial charge in [0, 0.05) is 9.93 Å². The molecule has 0 bridgehead atoms. The molecule has 0 fully saturated rings. The molecule has 0 aromatic heterocycles. The topological polar surface area (TPSA) is 115 Å². The lowest BCUT2D eigenvalue weighted by Crippen LogP contribution is -2.12. The van der Waals surface area contributed by atoms with Crippen molar-refractivity contribution in [2.24, 2.45) is 5.11 Å². The van der Waals surface area contributed by atoms with Crippen LogP contribution in [0.3, 0.4) is 0 Å². The number of rotatable bonds is 4. The Kier molecular flexibility index (Phi) is 4.68. The van der Waals surface area contributed by atoms with Crippen molar-refractivity contribution in [3.63, 3.8) is 0 Å². The second kappa shape index (κ2) is 6.33. The van der Waals surface area contributed by atoms with Crippen LogP contribution in [0.4, 0.5) is 11.4 Å². The van der Waals surface area contributed by atoms with Crippen LogP contribution in [-0.4, -0.2) is 13.5 Å². The Morgan fingerprint density at radius 2 is 1.82 bits per heavy atom. The molecule has 7 nitrogen and oxygen atoms in total. The monoisotopic (exact) mass is 358 g/mol. The van der Waals surface area contributed by atoms with Crippen molar-refractivity contribution in [3.8, 4) is 5.75 Å². The van der Waals surface area contributed by atoms with E-state index >= 15 is 0 Å². The first-order valence-corrected chi connectivity index (χ1v) is 7.93. The van der Waals surface area contributed by atoms with E-state index in [1.807, 2.05) is 0 Å². The molecule has 0 unspecified atom stereocenters. The molecule has 22 heavy (non-hydrogen) atoms. The van der Waals surface area contributed by atoms with Crippen molar-refractivity contribution in [3.05, 3.63) is 56.9 Å². The van der Waals surface area contributed by atoms with Gasteiger partial charge in [0.2, 0.25) is 0 Å². The van der Waals surface area contributed by atoms with E-state index in [1.165, 1.54) is 30.3 Å². The lowest BCUT2D eigenvalue weighted by atomic mass is 10.2. The summed E-state index contributed by atoms with van der Waals surface area (Å²) >= 11 is 11.5. The molecule has 2 N–H and O–H groups in total. The van der Waals surface area contributed by atoms with Gasteiger partial charge in [0.05, 0.1) is 21.3 Å². The van der Waals surface area contributed by atoms with Gasteiger partial charge in [-0.25, -0.2) is 8.42 Å². The predicted octanol–water partition coefficient (Wildman–Crippen LogP) is 4.44. The number of benzene rings is 2. The molecule has 2 aromatic carbocycles. The van der Waals surface area contributed by atoms with E-state index in [4.69, 9.17) is 28.7 Å². The highest BCUT2D eigenvalue weighted by molar-refractivity contribution is 7.92. The highest BCUT2D eigenvalue weighted by Gasteiger charge is 2.16. The first kappa shape index (κ1) is 16.3. The summed E-state index contributed by atoms with van der Waals surface area (Å²) in [5.74, 6) is -0.436. The van der Waals surface area contributed by atoms with Crippen LogP contribution in [0.5, 0.6) is 5.75 Å². The number of hydrogen-bond donors (Lipinski definition) is 2. The molecule has 0 heterocycles. The minimum absolute atomic E-state index is 0.00793. The number of hydrogen-bond acceptors (Lipinski definition) is 4. The summed E-state index contributed by atoms with van der Waals surface area (Å²) in [4.78, 5) is 2.52. The molecule has 0 atom stereocenters. The van der Waals surface area contributed by atoms with Crippen LogP contribution in [0.25, 0.3) is 10.4 Å². The predicted molar refractivity (Wildman–Crippen MR) is 84.2 cm³/mol. The summed E-state index contributed by atoms with van der Waals surface area (Å²) in [6, 6.07) is 7.90. The van der Waals surface area contributed by atoms with Gasteiger partial charge in [0.1, 0.15) is 5.75 Å². The molecule has 0 radical (unpaired) electrons. The van der Waals surface area contributed by atoms with Crippen LogP contribution >= 0.6 is 23.2 Å². The van der Waals surface area contributed by atoms with Crippen LogP contribution in [0.2, 0.25) is 10.0 Å². The molecule has 10 heteroatoms. The van der Waals surface area contributed by atoms with Crippen LogP contribution in [0.15, 0.2) is 46.4 Å². The van der Waals surface area contributed by atoms with E-state index in [9.17, 15) is 13.5 Å². The first-order chi connectivity index (χ1) is 10.3. The van der Waals surface area contributed by atoms with Crippen LogP contribution in [0.1, 0.15) is 0 Å². The molecule has 0 saturated carbocycles. The molecule has 0 aliphatic heterocycles. The third-order valence-electron chi connectivity index (χ3n) is 2.57. The zero-order valence-corrected chi connectivity index (χ0v) is 13.1. The van der Waals surface area contributed by atoms with E-state index in [0.29, 0.717) is 5.02 Å². The Bertz CT molecular complexity index is 863. The number of nitrogens with zero attached hydrogens (tertiary/aromatic N) is 3. The number of phenols is 1. The molecule has 2 rings (SSSR count). The molecule has 0 aliphatic carbocycles. The fourth-order valence-corrected chi connectivity index (χ4v) is 2.98. The maximum Gasteiger partial charge on any atom is 0.261 e. The zero-order chi connectivity index (χ0) is 16.3. The second-order valence-corrected chi connectivity index (χ2v) is 6.60. The van der Waals surface area contributed by atoms with Gasteiger partial charge in [-0.15, -0.1) is 0 Å². The average molecular weight is 359 g/mol. The summed E-state index contributed by atoms with van der Waals surface area (Å²) in [5.41, 5.74) is 8.27. The molecule has 0 amide bonds. The first-order valence-electron chi connectivity index (χ1n) is 5.69. The van der Waals surface area contributed by atoms with Gasteiger partial charge in [-0.3, -0.25) is 4.72 Å². The second-order valence-electron chi connectivity index (χ2n) is 4.07. The van der Waals surface area contributed by atoms with Crippen molar-refractivity contribution >= 4 is 44.6 Å². The van der Waals surface area contributed by atoms with Crippen molar-refractivity contribution in [2.75, 3.05) is 4.72 Å². The number of anilines is 1. The maximum atomic E-state index is 12.2. The van der Waals surface area contributed by atoms with Crippen molar-refractivity contribution in [1.82, 2.24) is 0 Å². The van der Waals surface area contributed by atoms with E-state index in [0.717, 1.165) is 6.07 Å². The molecule has 2 aromatic rings. The Balaban J connectivity index is 2.41. The van der Waals surface area contributed by atoms with E-state index in [2.05, 4.69) is 14.7 Å². The molecule has 0 saturated heterocycles. The molecule has 0 aliphatic rings. The summed E-state index contributed by atoms with van der Waals surface area (Å²) in [6.45, 7) is 0. The Morgan fingerprint density at radius 3 is 2.41 bits per heavy atom. The van der Waals surface area contributed by atoms with Crippen LogP contribution in [-0.2, 0) is 10.0 Å². The van der Waals surface area contributed by atoms with Crippen molar-refractivity contribution in [2.45, 2.75) is 4.90 Å². The van der Waals surface area contributed by atoms with Gasteiger partial charge in [-0.2, -0.15) is 0 Å². The lowest BCUT2D eigenvalue weighted by molar-refractivity contribution is 0.477. The third-order valence-corrected chi connectivity index (χ3v) is 4.51. The quantitative estimate of drug-likeness (QED) is 0.364. The van der Waals surface area contributed by atoms with Crippen molar-refractivity contribution < 1.29 is 13.5 Å². The molecular weight excluding hydrogens is 351 g/mol. The molecular formula is C12H8Cl2N4O3S. The molecule has 114 valence electrons. The average Bonchev–Trinajstić information content (AvgIpc) is 2.44. The summed E-state index contributed by atoms with van der Waals surface area (Å²) in [6.07, 6.45) is 0. The number of halogens is 2. The Morgan fingerprint density at radius 1 is 1.18 bits per heavy atom. The van der Waals surface area contributed by atoms with Gasteiger partial charge >= 0.3 is 0 Å². The normalized spacial score (nSPS) is 10.8. The number of azide groups is 1. The molecule has 0 spiro atoms. The number of nitrogens with one attached hydrogen (secondary N) is 1. The third kappa shape index (κ3) is 3.55. The van der Waals surface area contributed by atoms with Gasteiger partial charge in [0.15, 0.2) is 0 Å². The van der Waals surface area contributed by atoms with E-state index < -0.39 is 15.8 Å². The fourth-order valence-electron chi connectivity index (χ4n) is 1.60. The number of sulfonamides is 1. The van der Waals surface area contributed by atoms with Crippen LogP contribution < -0.4 is 4.72 Å². The summed E-state index contributed by atoms with van der Waals surface area (Å²) < 4.78 is 26.7. The smallest absolute Gasteiger partial charge is 0.261 e. The highest BCUT2D eigenvalue weighted by Crippen LogP contribution is 2.37. The van der Waals surface area contributed by atoms with E-state index in [-0.39, 0.29) is 21.3 Å². The Hall–Kier alpha value is -2.12. The van der Waals surface area contributed by atoms with Crippen molar-refractivity contribution in [1.29, 1.82) is 0 Å². The lowest BCUT2D eigenvalue weighted by Gasteiger charge is -2.10. The van der Waals surface area contributed by atoms with E-state index in [1.54, 1.807) is 0 Å². The van der Waals surface area contributed by atoms with Gasteiger partial charge in [-0.1, -0.05) is 28.3 Å². The van der Waals surface area contributed by atoms with Crippen LogP contribution in [0, 0.1) is 0 Å². The Labute approximate surface area is 135 Å². The summed E-state index contributed by atoms with van der Waals surface area (Å²) in [5, 5.41) is 13.1. The highest BCUT2D eigenvalue weighted by atomic mass is 35.5. The van der Waals surface area contributed by atoms with Gasteiger partial charge in [0.25, 0.3) is 10.0 Å². The largest absolute Gasteiger partial charge is 0.506 e.